The lowest BCUT2D eigenvalue weighted by Crippen LogP contribution is -2.65. The third-order valence-electron chi connectivity index (χ3n) is 7.42. The number of carbonyl (C=O) groups is 4. The molecule has 0 aromatic heterocycles. The van der Waals surface area contributed by atoms with Crippen LogP contribution < -0.4 is 16.4 Å². The molecule has 1 fully saturated rings. The van der Waals surface area contributed by atoms with Crippen molar-refractivity contribution in [2.24, 2.45) is 17.6 Å². The minimum Gasteiger partial charge on any atom is -0.508 e. The van der Waals surface area contributed by atoms with E-state index in [1.807, 2.05) is 6.92 Å². The van der Waals surface area contributed by atoms with Gasteiger partial charge in [-0.25, -0.2) is 4.39 Å². The molecule has 0 bridgehead atoms. The lowest BCUT2D eigenvalue weighted by Gasteiger charge is -2.50. The number of nitrogens with two attached hydrogens (primary N) is 1. The van der Waals surface area contributed by atoms with E-state index in [2.05, 4.69) is 10.6 Å². The van der Waals surface area contributed by atoms with Gasteiger partial charge in [0.2, 0.25) is 11.7 Å². The fraction of sp³-hybridized carbons (Fsp3) is 0.462. The first-order chi connectivity index (χ1) is 18.6. The first-order valence-electron chi connectivity index (χ1n) is 12.8. The zero-order valence-corrected chi connectivity index (χ0v) is 21.6. The summed E-state index contributed by atoms with van der Waals surface area (Å²) in [6.45, 7) is 2.29. The molecular weight excluding hydrogens is 515 g/mol. The zero-order chi connectivity index (χ0) is 29.9. The average Bonchev–Trinajstić information content (AvgIpc) is 2.87. The van der Waals surface area contributed by atoms with Crippen molar-refractivity contribution in [1.29, 1.82) is 0 Å². The molecule has 12 nitrogen and oxygen atoms in total. The van der Waals surface area contributed by atoms with Gasteiger partial charge in [0.25, 0.3) is 5.91 Å². The Balaban J connectivity index is 1.88. The van der Waals surface area contributed by atoms with Crippen LogP contribution in [0.2, 0.25) is 0 Å². The molecule has 13 heteroatoms. The number of Topliss-reactive ketones (excluding diaryl/α,β-unsaturated/α-hetero) is 2. The Labute approximate surface area is 224 Å². The molecule has 1 aromatic rings. The predicted molar refractivity (Wildman–Crippen MR) is 136 cm³/mol. The van der Waals surface area contributed by atoms with Gasteiger partial charge in [-0.3, -0.25) is 24.1 Å². The molecule has 0 unspecified atom stereocenters. The maximum absolute atomic E-state index is 15.3. The molecular formula is C26H31FN4O8. The van der Waals surface area contributed by atoms with Crippen LogP contribution in [0.15, 0.2) is 23.0 Å². The third-order valence-corrected chi connectivity index (χ3v) is 7.42. The number of rotatable bonds is 7. The molecule has 1 aromatic carbocycles. The Morgan fingerprint density at radius 1 is 1.28 bits per heavy atom. The van der Waals surface area contributed by atoms with Crippen molar-refractivity contribution in [3.63, 3.8) is 0 Å². The van der Waals surface area contributed by atoms with E-state index in [0.29, 0.717) is 6.54 Å². The van der Waals surface area contributed by atoms with Gasteiger partial charge in [-0.2, -0.15) is 0 Å². The number of aromatic hydroxyl groups is 1. The van der Waals surface area contributed by atoms with Crippen LogP contribution in [-0.2, 0) is 25.6 Å². The van der Waals surface area contributed by atoms with Gasteiger partial charge >= 0.3 is 0 Å². The number of ketones is 2. The minimum atomic E-state index is -3.02. The highest BCUT2D eigenvalue weighted by Gasteiger charge is 2.64. The summed E-state index contributed by atoms with van der Waals surface area (Å²) in [5.41, 5.74) is -0.426. The molecule has 0 spiro atoms. The standard InChI is InChI=1S/C26H31FN4O8/c1-4-5-29-9-15(32)30-14-8-13(27)11-6-10-7-12-19(31(2)3)22(35)18(25(28)38)24(37)26(12,39)23(36)16(10)21(34)17(11)20(14)33/h8,10,12,19,29,33-34,37,39H,4-7,9H2,1-3H3,(H2,28,38)(H,30,32)/t10-,12-,19-,26-/m0/s1/i19D. The van der Waals surface area contributed by atoms with E-state index in [-0.39, 0.29) is 30.6 Å². The number of hydrogen-bond acceptors (Lipinski definition) is 10. The molecule has 4 atom stereocenters. The Kier molecular flexibility index (Phi) is 6.91. The SMILES string of the molecule is [2H][C@@]1(N(C)C)C(=O)C(C(N)=O)=C(O)[C@@]2(O)C(=O)C3=C(O)c4c(O)c(NC(=O)CNCCC)cc(F)c4C[C@H]3C[C@H]21. The summed E-state index contributed by atoms with van der Waals surface area (Å²) in [5, 5.41) is 49.8. The number of halogens is 1. The smallest absolute Gasteiger partial charge is 0.255 e. The predicted octanol–water partition coefficient (Wildman–Crippen LogP) is 0.0412. The number of likely N-dealkylation sites (N-methyl/N-ethyl adjacent to an activating group) is 1. The number of anilines is 1. The van der Waals surface area contributed by atoms with Crippen LogP contribution in [0.4, 0.5) is 10.1 Å². The van der Waals surface area contributed by atoms with Crippen LogP contribution in [0.3, 0.4) is 0 Å². The number of aliphatic hydroxyl groups excluding tert-OH is 2. The van der Waals surface area contributed by atoms with Crippen molar-refractivity contribution >= 4 is 34.8 Å². The maximum atomic E-state index is 15.3. The second-order valence-corrected chi connectivity index (χ2v) is 10.1. The van der Waals surface area contributed by atoms with Crippen molar-refractivity contribution in [3.05, 3.63) is 39.9 Å². The fourth-order valence-corrected chi connectivity index (χ4v) is 5.70. The summed E-state index contributed by atoms with van der Waals surface area (Å²) < 4.78 is 24.2. The normalized spacial score (nSPS) is 28.6. The van der Waals surface area contributed by atoms with Gasteiger partial charge in [0.05, 0.1) is 25.2 Å². The molecule has 2 amide bonds. The Bertz CT molecular complexity index is 1410. The molecule has 1 saturated carbocycles. The van der Waals surface area contributed by atoms with Crippen LogP contribution in [0.25, 0.3) is 5.76 Å². The van der Waals surface area contributed by atoms with Crippen molar-refractivity contribution < 1.29 is 45.4 Å². The molecule has 4 rings (SSSR count). The first kappa shape index (κ1) is 26.8. The summed E-state index contributed by atoms with van der Waals surface area (Å²) in [6.07, 6.45) is 0.0987. The molecule has 0 radical (unpaired) electrons. The number of fused-ring (bicyclic) bond motifs is 3. The lowest BCUT2D eigenvalue weighted by molar-refractivity contribution is -0.153. The van der Waals surface area contributed by atoms with Crippen LogP contribution in [0.1, 0.15) is 32.3 Å². The highest BCUT2D eigenvalue weighted by molar-refractivity contribution is 6.24. The number of hydrogen-bond donors (Lipinski definition) is 7. The Morgan fingerprint density at radius 2 is 1.95 bits per heavy atom. The number of benzene rings is 1. The van der Waals surface area contributed by atoms with E-state index in [1.165, 1.54) is 14.1 Å². The van der Waals surface area contributed by atoms with Gasteiger partial charge in [0, 0.05) is 23.1 Å². The van der Waals surface area contributed by atoms with Gasteiger partial charge in [0.15, 0.2) is 17.1 Å². The molecule has 8 N–H and O–H groups in total. The fourth-order valence-electron chi connectivity index (χ4n) is 5.70. The number of amides is 2. The first-order valence-corrected chi connectivity index (χ1v) is 12.3. The number of phenolic OH excluding ortho intramolecular Hbond substituents is 1. The topological polar surface area (TPSA) is 203 Å². The van der Waals surface area contributed by atoms with Crippen LogP contribution in [-0.4, -0.2) is 87.5 Å². The molecule has 3 aliphatic rings. The molecule has 0 aliphatic heterocycles. The monoisotopic (exact) mass is 547 g/mol. The summed E-state index contributed by atoms with van der Waals surface area (Å²) in [7, 11) is 2.61. The molecule has 39 heavy (non-hydrogen) atoms. The number of primary amides is 1. The summed E-state index contributed by atoms with van der Waals surface area (Å²) in [6, 6.07) is -1.57. The second-order valence-electron chi connectivity index (χ2n) is 10.1. The Hall–Kier alpha value is -3.81. The average molecular weight is 548 g/mol. The van der Waals surface area contributed by atoms with Crippen molar-refractivity contribution in [2.45, 2.75) is 37.8 Å². The molecule has 0 heterocycles. The summed E-state index contributed by atoms with van der Waals surface area (Å²) in [5.74, 6) is -11.2. The number of carbonyl (C=O) groups excluding carboxylic acids is 4. The van der Waals surface area contributed by atoms with Crippen molar-refractivity contribution in [2.75, 3.05) is 32.5 Å². The van der Waals surface area contributed by atoms with Gasteiger partial charge in [-0.1, -0.05) is 6.92 Å². The number of nitrogens with zero attached hydrogens (tertiary/aromatic N) is 1. The lowest BCUT2D eigenvalue weighted by atomic mass is 9.57. The van der Waals surface area contributed by atoms with Gasteiger partial charge in [-0.05, 0) is 45.8 Å². The van der Waals surface area contributed by atoms with E-state index >= 15 is 4.39 Å². The van der Waals surface area contributed by atoms with Crippen molar-refractivity contribution in [1.82, 2.24) is 10.2 Å². The minimum absolute atomic E-state index is 0.138. The number of aliphatic hydroxyl groups is 3. The van der Waals surface area contributed by atoms with Gasteiger partial charge in [0.1, 0.15) is 22.9 Å². The highest BCUT2D eigenvalue weighted by atomic mass is 19.1. The van der Waals surface area contributed by atoms with E-state index in [4.69, 9.17) is 7.10 Å². The summed E-state index contributed by atoms with van der Waals surface area (Å²) in [4.78, 5) is 52.5. The van der Waals surface area contributed by atoms with E-state index in [1.54, 1.807) is 0 Å². The van der Waals surface area contributed by atoms with Gasteiger partial charge < -0.3 is 36.8 Å². The number of phenols is 1. The second kappa shape index (κ2) is 10.1. The van der Waals surface area contributed by atoms with Crippen LogP contribution >= 0.6 is 0 Å². The maximum Gasteiger partial charge on any atom is 0.255 e. The summed E-state index contributed by atoms with van der Waals surface area (Å²) >= 11 is 0. The number of nitrogens with one attached hydrogen (secondary N) is 2. The van der Waals surface area contributed by atoms with E-state index in [9.17, 15) is 39.6 Å². The van der Waals surface area contributed by atoms with Crippen LogP contribution in [0, 0.1) is 17.7 Å². The molecule has 3 aliphatic carbocycles. The Morgan fingerprint density at radius 3 is 2.54 bits per heavy atom. The largest absolute Gasteiger partial charge is 0.508 e. The highest BCUT2D eigenvalue weighted by Crippen LogP contribution is 2.53. The van der Waals surface area contributed by atoms with E-state index < -0.39 is 86.6 Å². The quantitative estimate of drug-likeness (QED) is 0.139. The molecule has 210 valence electrons. The zero-order valence-electron chi connectivity index (χ0n) is 22.6. The molecule has 0 saturated heterocycles. The van der Waals surface area contributed by atoms with Crippen LogP contribution in [0.5, 0.6) is 5.75 Å². The van der Waals surface area contributed by atoms with Gasteiger partial charge in [-0.15, -0.1) is 0 Å². The van der Waals surface area contributed by atoms with Crippen molar-refractivity contribution in [3.8, 4) is 5.75 Å². The van der Waals surface area contributed by atoms with E-state index in [0.717, 1.165) is 17.4 Å². The third kappa shape index (κ3) is 4.26.